The summed E-state index contributed by atoms with van der Waals surface area (Å²) in [4.78, 5) is 0. The highest BCUT2D eigenvalue weighted by molar-refractivity contribution is 5.81. The van der Waals surface area contributed by atoms with E-state index in [1.54, 1.807) is 0 Å². The van der Waals surface area contributed by atoms with Crippen LogP contribution in [0.25, 0.3) is 10.9 Å². The predicted octanol–water partition coefficient (Wildman–Crippen LogP) is 1.64. The third-order valence-corrected chi connectivity index (χ3v) is 1.90. The second-order valence-electron chi connectivity index (χ2n) is 2.80. The van der Waals surface area contributed by atoms with Gasteiger partial charge >= 0.3 is 0 Å². The zero-order valence-electron chi connectivity index (χ0n) is 6.99. The predicted molar refractivity (Wildman–Crippen MR) is 49.8 cm³/mol. The van der Waals surface area contributed by atoms with Gasteiger partial charge in [0, 0.05) is 23.8 Å². The lowest BCUT2D eigenvalue weighted by atomic mass is 10.2. The molecule has 0 atom stereocenters. The Labute approximate surface area is 70.8 Å². The third-order valence-electron chi connectivity index (χ3n) is 1.90. The van der Waals surface area contributed by atoms with Crippen molar-refractivity contribution in [3.8, 4) is 0 Å². The van der Waals surface area contributed by atoms with Crippen LogP contribution in [0.4, 0.5) is 5.69 Å². The van der Waals surface area contributed by atoms with E-state index >= 15 is 0 Å². The molecule has 0 fully saturated rings. The number of benzene rings is 1. The molecule has 12 heavy (non-hydrogen) atoms. The van der Waals surface area contributed by atoms with Gasteiger partial charge in [-0.2, -0.15) is 5.10 Å². The number of rotatable bonds is 1. The molecule has 1 aromatic carbocycles. The molecule has 1 aromatic heterocycles. The highest BCUT2D eigenvalue weighted by Gasteiger charge is 1.98. The minimum absolute atomic E-state index is 0.790. The number of hydrogen-bond acceptors (Lipinski definition) is 2. The monoisotopic (exact) mass is 161 g/mol. The average molecular weight is 161 g/mol. The van der Waals surface area contributed by atoms with E-state index in [-0.39, 0.29) is 0 Å². The summed E-state index contributed by atoms with van der Waals surface area (Å²) in [5.74, 6) is 0. The van der Waals surface area contributed by atoms with Crippen LogP contribution in [0.15, 0.2) is 24.4 Å². The Morgan fingerprint density at radius 1 is 1.50 bits per heavy atom. The van der Waals surface area contributed by atoms with Crippen LogP contribution in [0.3, 0.4) is 0 Å². The minimum atomic E-state index is 0.790. The molecule has 0 saturated heterocycles. The fraction of sp³-hybridized carbons (Fsp3) is 0.222. The van der Waals surface area contributed by atoms with E-state index < -0.39 is 0 Å². The van der Waals surface area contributed by atoms with Gasteiger partial charge in [-0.25, -0.2) is 0 Å². The van der Waals surface area contributed by atoms with E-state index in [2.05, 4.69) is 12.0 Å². The number of aryl methyl sites for hydroxylation is 1. The van der Waals surface area contributed by atoms with E-state index in [1.165, 1.54) is 0 Å². The maximum atomic E-state index is 5.64. The molecule has 0 radical (unpaired) electrons. The van der Waals surface area contributed by atoms with E-state index in [0.29, 0.717) is 0 Å². The maximum absolute atomic E-state index is 5.64. The van der Waals surface area contributed by atoms with Gasteiger partial charge in [0.05, 0.1) is 5.52 Å². The van der Waals surface area contributed by atoms with Crippen LogP contribution in [-0.2, 0) is 6.54 Å². The van der Waals surface area contributed by atoms with Crippen LogP contribution < -0.4 is 5.73 Å². The maximum Gasteiger partial charge on any atom is 0.0924 e. The number of hydrogen-bond donors (Lipinski definition) is 1. The summed E-state index contributed by atoms with van der Waals surface area (Å²) < 4.78 is 1.91. The molecular formula is C9H11N3. The average Bonchev–Trinajstić information content (AvgIpc) is 2.46. The summed E-state index contributed by atoms with van der Waals surface area (Å²) in [6.07, 6.45) is 2.01. The molecule has 2 aromatic rings. The Bertz CT molecular complexity index is 403. The summed E-state index contributed by atoms with van der Waals surface area (Å²) in [6.45, 7) is 2.96. The lowest BCUT2D eigenvalue weighted by Gasteiger charge is -1.89. The van der Waals surface area contributed by atoms with E-state index in [4.69, 9.17) is 5.73 Å². The van der Waals surface area contributed by atoms with E-state index in [9.17, 15) is 0 Å². The number of anilines is 1. The Balaban J connectivity index is 2.67. The van der Waals surface area contributed by atoms with Crippen molar-refractivity contribution < 1.29 is 0 Å². The fourth-order valence-electron chi connectivity index (χ4n) is 1.26. The van der Waals surface area contributed by atoms with Gasteiger partial charge in [0.25, 0.3) is 0 Å². The minimum Gasteiger partial charge on any atom is -0.399 e. The molecular weight excluding hydrogens is 150 g/mol. The molecule has 3 nitrogen and oxygen atoms in total. The summed E-state index contributed by atoms with van der Waals surface area (Å²) >= 11 is 0. The van der Waals surface area contributed by atoms with Gasteiger partial charge in [-0.3, -0.25) is 4.68 Å². The smallest absolute Gasteiger partial charge is 0.0924 e. The van der Waals surface area contributed by atoms with Gasteiger partial charge in [-0.15, -0.1) is 0 Å². The molecule has 0 aliphatic carbocycles. The molecule has 1 heterocycles. The first-order valence-corrected chi connectivity index (χ1v) is 4.02. The van der Waals surface area contributed by atoms with Crippen LogP contribution >= 0.6 is 0 Å². The van der Waals surface area contributed by atoms with Gasteiger partial charge < -0.3 is 5.73 Å². The topological polar surface area (TPSA) is 43.8 Å². The van der Waals surface area contributed by atoms with Crippen molar-refractivity contribution in [2.75, 3.05) is 5.73 Å². The van der Waals surface area contributed by atoms with Gasteiger partial charge in [0.2, 0.25) is 0 Å². The van der Waals surface area contributed by atoms with E-state index in [1.807, 2.05) is 29.1 Å². The van der Waals surface area contributed by atoms with Crippen molar-refractivity contribution in [2.24, 2.45) is 0 Å². The van der Waals surface area contributed by atoms with Gasteiger partial charge in [-0.05, 0) is 25.1 Å². The van der Waals surface area contributed by atoms with Crippen molar-refractivity contribution in [3.63, 3.8) is 0 Å². The van der Waals surface area contributed by atoms with Crippen molar-refractivity contribution in [2.45, 2.75) is 13.5 Å². The summed E-state index contributed by atoms with van der Waals surface area (Å²) in [5, 5.41) is 5.44. The molecule has 0 unspecified atom stereocenters. The zero-order valence-corrected chi connectivity index (χ0v) is 6.99. The molecule has 2 rings (SSSR count). The van der Waals surface area contributed by atoms with Crippen molar-refractivity contribution in [1.29, 1.82) is 0 Å². The highest BCUT2D eigenvalue weighted by atomic mass is 15.3. The third kappa shape index (κ3) is 1.03. The van der Waals surface area contributed by atoms with Gasteiger partial charge in [0.1, 0.15) is 0 Å². The number of aromatic nitrogens is 2. The van der Waals surface area contributed by atoms with Crippen LogP contribution in [0.1, 0.15) is 6.92 Å². The molecule has 62 valence electrons. The van der Waals surface area contributed by atoms with Crippen molar-refractivity contribution in [3.05, 3.63) is 24.4 Å². The second kappa shape index (κ2) is 2.52. The molecule has 0 bridgehead atoms. The second-order valence-corrected chi connectivity index (χ2v) is 2.80. The van der Waals surface area contributed by atoms with Crippen LogP contribution in [0.2, 0.25) is 0 Å². The van der Waals surface area contributed by atoms with Crippen molar-refractivity contribution >= 4 is 16.6 Å². The molecule has 0 spiro atoms. The fourth-order valence-corrected chi connectivity index (χ4v) is 1.26. The first kappa shape index (κ1) is 7.16. The normalized spacial score (nSPS) is 10.8. The van der Waals surface area contributed by atoms with Gasteiger partial charge in [0.15, 0.2) is 0 Å². The molecule has 0 amide bonds. The van der Waals surface area contributed by atoms with Crippen LogP contribution in [-0.4, -0.2) is 9.78 Å². The standard InChI is InChI=1S/C9H11N3/c1-2-12-6-7-5-8(10)3-4-9(7)11-12/h3-6H,2,10H2,1H3. The Morgan fingerprint density at radius 3 is 3.08 bits per heavy atom. The molecule has 3 heteroatoms. The SMILES string of the molecule is CCn1cc2cc(N)ccc2n1. The highest BCUT2D eigenvalue weighted by Crippen LogP contribution is 2.15. The summed E-state index contributed by atoms with van der Waals surface area (Å²) in [5.41, 5.74) is 7.43. The summed E-state index contributed by atoms with van der Waals surface area (Å²) in [6, 6.07) is 5.75. The Hall–Kier alpha value is -1.51. The molecule has 0 aliphatic rings. The lowest BCUT2D eigenvalue weighted by Crippen LogP contribution is -1.92. The Morgan fingerprint density at radius 2 is 2.33 bits per heavy atom. The molecule has 2 N–H and O–H groups in total. The zero-order chi connectivity index (χ0) is 8.55. The largest absolute Gasteiger partial charge is 0.399 e. The number of fused-ring (bicyclic) bond motifs is 1. The van der Waals surface area contributed by atoms with Crippen molar-refractivity contribution in [1.82, 2.24) is 9.78 Å². The number of nitrogen functional groups attached to an aromatic ring is 1. The summed E-state index contributed by atoms with van der Waals surface area (Å²) in [7, 11) is 0. The van der Waals surface area contributed by atoms with Crippen LogP contribution in [0.5, 0.6) is 0 Å². The first-order chi connectivity index (χ1) is 5.79. The quantitative estimate of drug-likeness (QED) is 0.646. The lowest BCUT2D eigenvalue weighted by molar-refractivity contribution is 0.668. The molecule has 0 aliphatic heterocycles. The first-order valence-electron chi connectivity index (χ1n) is 4.02. The van der Waals surface area contributed by atoms with E-state index in [0.717, 1.165) is 23.1 Å². The Kier molecular flexibility index (Phi) is 1.50. The van der Waals surface area contributed by atoms with Gasteiger partial charge in [-0.1, -0.05) is 0 Å². The number of nitrogens with zero attached hydrogens (tertiary/aromatic N) is 2. The molecule has 0 saturated carbocycles. The number of nitrogens with two attached hydrogens (primary N) is 1. The van der Waals surface area contributed by atoms with Crippen LogP contribution in [0, 0.1) is 0 Å².